The second-order valence-electron chi connectivity index (χ2n) is 5.03. The van der Waals surface area contributed by atoms with Crippen molar-refractivity contribution in [3.8, 4) is 0 Å². The van der Waals surface area contributed by atoms with Crippen molar-refractivity contribution in [2.75, 3.05) is 6.61 Å². The van der Waals surface area contributed by atoms with E-state index in [0.717, 1.165) is 11.1 Å². The largest absolute Gasteiger partial charge is 0.459 e. The van der Waals surface area contributed by atoms with Crippen LogP contribution in [0.25, 0.3) is 0 Å². The van der Waals surface area contributed by atoms with Gasteiger partial charge in [-0.1, -0.05) is 60.7 Å². The van der Waals surface area contributed by atoms with E-state index in [1.807, 2.05) is 60.7 Å². The number of esters is 1. The van der Waals surface area contributed by atoms with Crippen molar-refractivity contribution < 1.29 is 24.2 Å². The number of rotatable bonds is 7. The molecule has 24 heavy (non-hydrogen) atoms. The SMILES string of the molecule is O=C(N[13C@@H]([13CH2]O)[13C](=O)OCc1ccccc1)OCc1ccccc1. The minimum Gasteiger partial charge on any atom is -0.459 e. The zero-order valence-electron chi connectivity index (χ0n) is 13.1. The van der Waals surface area contributed by atoms with Crippen molar-refractivity contribution in [1.29, 1.82) is 0 Å². The lowest BCUT2D eigenvalue weighted by Crippen LogP contribution is -2.44. The average molecular weight is 332 g/mol. The third-order valence-electron chi connectivity index (χ3n) is 3.20. The molecular weight excluding hydrogens is 313 g/mol. The second-order valence-corrected chi connectivity index (χ2v) is 5.03. The van der Waals surface area contributed by atoms with Crippen LogP contribution in [-0.4, -0.2) is 29.8 Å². The van der Waals surface area contributed by atoms with Crippen LogP contribution in [0.1, 0.15) is 11.1 Å². The smallest absolute Gasteiger partial charge is 0.408 e. The molecule has 1 amide bonds. The number of carbonyl (C=O) groups excluding carboxylic acids is 2. The first-order valence-corrected chi connectivity index (χ1v) is 7.47. The summed E-state index contributed by atoms with van der Waals surface area (Å²) in [6.45, 7) is -0.436. The first-order valence-electron chi connectivity index (χ1n) is 7.47. The molecule has 6 heteroatoms. The van der Waals surface area contributed by atoms with E-state index in [1.54, 1.807) is 0 Å². The molecular formula is C18H19NO5. The van der Waals surface area contributed by atoms with E-state index in [1.165, 1.54) is 0 Å². The lowest BCUT2D eigenvalue weighted by Gasteiger charge is -2.15. The first-order chi connectivity index (χ1) is 11.7. The molecule has 2 aromatic carbocycles. The molecule has 0 fully saturated rings. The van der Waals surface area contributed by atoms with Crippen LogP contribution in [-0.2, 0) is 27.5 Å². The zero-order valence-corrected chi connectivity index (χ0v) is 13.1. The van der Waals surface area contributed by atoms with Gasteiger partial charge in [-0.25, -0.2) is 9.59 Å². The molecule has 1 atom stereocenters. The van der Waals surface area contributed by atoms with E-state index in [-0.39, 0.29) is 13.2 Å². The Labute approximate surface area is 140 Å². The van der Waals surface area contributed by atoms with Crippen molar-refractivity contribution >= 4 is 12.1 Å². The van der Waals surface area contributed by atoms with Crippen LogP contribution in [0.2, 0.25) is 0 Å². The Hall–Kier alpha value is -2.86. The van der Waals surface area contributed by atoms with Gasteiger partial charge in [-0.05, 0) is 11.1 Å². The van der Waals surface area contributed by atoms with Crippen molar-refractivity contribution in [2.45, 2.75) is 19.3 Å². The van der Waals surface area contributed by atoms with Gasteiger partial charge in [-0.3, -0.25) is 0 Å². The van der Waals surface area contributed by atoms with Crippen LogP contribution >= 0.6 is 0 Å². The highest BCUT2D eigenvalue weighted by Crippen LogP contribution is 2.03. The maximum Gasteiger partial charge on any atom is 0.408 e. The normalized spacial score (nSPS) is 11.4. The van der Waals surface area contributed by atoms with E-state index < -0.39 is 24.7 Å². The number of hydrogen-bond donors (Lipinski definition) is 2. The van der Waals surface area contributed by atoms with Gasteiger partial charge in [0.15, 0.2) is 6.04 Å². The minimum atomic E-state index is -1.17. The fourth-order valence-electron chi connectivity index (χ4n) is 1.92. The number of nitrogens with one attached hydrogen (secondary N) is 1. The standard InChI is InChI=1S/C18H19NO5/c20-11-16(17(21)23-12-14-7-3-1-4-8-14)19-18(22)24-13-15-9-5-2-6-10-15/h1-10,16,20H,11-13H2,(H,19,22)/t16-/m0/s1/i11+1,16+1,17+1. The van der Waals surface area contributed by atoms with E-state index in [0.29, 0.717) is 0 Å². The molecule has 2 aromatic rings. The Morgan fingerprint density at radius 3 is 1.88 bits per heavy atom. The topological polar surface area (TPSA) is 84.9 Å². The Kier molecular flexibility index (Phi) is 6.79. The number of alkyl carbamates (subject to hydrolysis) is 1. The number of aliphatic hydroxyl groups excluding tert-OH is 1. The summed E-state index contributed by atoms with van der Waals surface area (Å²) in [5.41, 5.74) is 1.63. The van der Waals surface area contributed by atoms with Gasteiger partial charge in [0.05, 0.1) is 6.61 Å². The molecule has 2 rings (SSSR count). The molecule has 0 spiro atoms. The Bertz CT molecular complexity index is 645. The molecule has 0 saturated heterocycles. The van der Waals surface area contributed by atoms with Gasteiger partial charge >= 0.3 is 12.1 Å². The van der Waals surface area contributed by atoms with E-state index in [9.17, 15) is 14.7 Å². The van der Waals surface area contributed by atoms with Crippen molar-refractivity contribution in [3.05, 3.63) is 71.8 Å². The molecule has 6 nitrogen and oxygen atoms in total. The minimum absolute atomic E-state index is 0.0664. The summed E-state index contributed by atoms with van der Waals surface area (Å²) in [6.07, 6.45) is -0.797. The van der Waals surface area contributed by atoms with Crippen molar-refractivity contribution in [3.63, 3.8) is 0 Å². The summed E-state index contributed by atoms with van der Waals surface area (Å²) in [4.78, 5) is 23.6. The molecule has 0 radical (unpaired) electrons. The van der Waals surface area contributed by atoms with Crippen LogP contribution in [0.5, 0.6) is 0 Å². The fraction of sp³-hybridized carbons (Fsp3) is 0.222. The summed E-state index contributed by atoms with van der Waals surface area (Å²) in [5, 5.41) is 11.5. The molecule has 0 aliphatic carbocycles. The van der Waals surface area contributed by atoms with Gasteiger partial charge in [0, 0.05) is 0 Å². The molecule has 2 N–H and O–H groups in total. The monoisotopic (exact) mass is 332 g/mol. The number of ether oxygens (including phenoxy) is 2. The molecule has 0 aliphatic rings. The molecule has 0 aliphatic heterocycles. The van der Waals surface area contributed by atoms with E-state index in [2.05, 4.69) is 5.32 Å². The van der Waals surface area contributed by atoms with Gasteiger partial charge in [0.2, 0.25) is 0 Å². The first kappa shape index (κ1) is 17.5. The highest BCUT2D eigenvalue weighted by Gasteiger charge is 2.22. The summed E-state index contributed by atoms with van der Waals surface area (Å²) in [5.74, 6) is -0.724. The van der Waals surface area contributed by atoms with Crippen molar-refractivity contribution in [2.24, 2.45) is 0 Å². The highest BCUT2D eigenvalue weighted by molar-refractivity contribution is 5.81. The number of aliphatic hydroxyl groups is 1. The molecule has 0 bridgehead atoms. The zero-order chi connectivity index (χ0) is 17.2. The quantitative estimate of drug-likeness (QED) is 0.598. The predicted octanol–water partition coefficient (Wildman–Crippen LogP) is 2.02. The Morgan fingerprint density at radius 1 is 0.875 bits per heavy atom. The van der Waals surface area contributed by atoms with Gasteiger partial charge in [-0.15, -0.1) is 0 Å². The Balaban J connectivity index is 1.77. The van der Waals surface area contributed by atoms with Gasteiger partial charge in [0.25, 0.3) is 0 Å². The Morgan fingerprint density at radius 2 is 1.38 bits per heavy atom. The van der Waals surface area contributed by atoms with Gasteiger partial charge in [0.1, 0.15) is 13.2 Å². The van der Waals surface area contributed by atoms with Gasteiger partial charge < -0.3 is 19.9 Å². The van der Waals surface area contributed by atoms with E-state index >= 15 is 0 Å². The maximum atomic E-state index is 11.9. The molecule has 0 heterocycles. The highest BCUT2D eigenvalue weighted by atomic mass is 16.6. The van der Waals surface area contributed by atoms with Crippen LogP contribution in [0, 0.1) is 0 Å². The van der Waals surface area contributed by atoms with Crippen molar-refractivity contribution in [1.82, 2.24) is 5.32 Å². The number of hydrogen-bond acceptors (Lipinski definition) is 5. The third kappa shape index (κ3) is 5.73. The average Bonchev–Trinajstić information content (AvgIpc) is 2.64. The molecule has 0 aromatic heterocycles. The molecule has 0 saturated carbocycles. The number of carbonyl (C=O) groups is 2. The van der Waals surface area contributed by atoms with E-state index in [4.69, 9.17) is 9.47 Å². The maximum absolute atomic E-state index is 11.9. The second kappa shape index (κ2) is 9.32. The van der Waals surface area contributed by atoms with Crippen LogP contribution in [0.4, 0.5) is 4.79 Å². The lowest BCUT2D eigenvalue weighted by molar-refractivity contribution is -0.148. The summed E-state index contributed by atoms with van der Waals surface area (Å²) in [6, 6.07) is 17.1. The molecule has 0 unspecified atom stereocenters. The van der Waals surface area contributed by atoms with Crippen LogP contribution in [0.15, 0.2) is 60.7 Å². The summed E-state index contributed by atoms with van der Waals surface area (Å²) in [7, 11) is 0. The lowest BCUT2D eigenvalue weighted by atomic mass is 10.2. The fourth-order valence-corrected chi connectivity index (χ4v) is 1.92. The third-order valence-corrected chi connectivity index (χ3v) is 3.20. The number of benzene rings is 2. The number of amides is 1. The van der Waals surface area contributed by atoms with Crippen LogP contribution in [0.3, 0.4) is 0 Å². The molecule has 126 valence electrons. The van der Waals surface area contributed by atoms with Crippen LogP contribution < -0.4 is 5.32 Å². The summed E-state index contributed by atoms with van der Waals surface area (Å²) >= 11 is 0. The summed E-state index contributed by atoms with van der Waals surface area (Å²) < 4.78 is 10.1. The van der Waals surface area contributed by atoms with Gasteiger partial charge in [-0.2, -0.15) is 0 Å². The predicted molar refractivity (Wildman–Crippen MR) is 86.9 cm³/mol.